The first-order valence-corrected chi connectivity index (χ1v) is 7.11. The summed E-state index contributed by atoms with van der Waals surface area (Å²) in [5.41, 5.74) is 4.57. The van der Waals surface area contributed by atoms with Crippen LogP contribution in [-0.4, -0.2) is 18.2 Å². The van der Waals surface area contributed by atoms with E-state index in [1.807, 2.05) is 31.2 Å². The number of ether oxygens (including phenoxy) is 2. The van der Waals surface area contributed by atoms with Crippen LogP contribution in [0.2, 0.25) is 0 Å². The lowest BCUT2D eigenvalue weighted by atomic mass is 10.1. The van der Waals surface area contributed by atoms with Crippen molar-refractivity contribution in [1.29, 1.82) is 0 Å². The molecule has 1 amide bonds. The largest absolute Gasteiger partial charge is 0.493 e. The number of hydrogen-bond donors (Lipinski definition) is 2. The third-order valence-corrected chi connectivity index (χ3v) is 3.24. The maximum atomic E-state index is 11.0. The van der Waals surface area contributed by atoms with Gasteiger partial charge in [0.1, 0.15) is 6.61 Å². The number of methoxy groups -OCH3 is 1. The smallest absolute Gasteiger partial charge is 0.267 e. The van der Waals surface area contributed by atoms with Gasteiger partial charge in [-0.1, -0.05) is 35.9 Å². The molecule has 0 aromatic heterocycles. The number of nitrogens with one attached hydrogen (secondary N) is 1. The van der Waals surface area contributed by atoms with Gasteiger partial charge in [0.15, 0.2) is 11.5 Å². The first-order valence-electron chi connectivity index (χ1n) is 7.11. The van der Waals surface area contributed by atoms with Gasteiger partial charge >= 0.3 is 0 Å². The van der Waals surface area contributed by atoms with E-state index in [0.717, 1.165) is 11.1 Å². The van der Waals surface area contributed by atoms with Crippen molar-refractivity contribution in [2.45, 2.75) is 13.5 Å². The standard InChI is InChI=1S/C18H19NO4/c1-13-3-5-15(6-4-13)12-23-16-9-7-14(11-17(16)22-2)8-10-18(20)19-21/h3-11,21H,12H2,1-2H3,(H,19,20)/b10-8+. The van der Waals surface area contributed by atoms with Crippen molar-refractivity contribution < 1.29 is 19.5 Å². The maximum absolute atomic E-state index is 11.0. The van der Waals surface area contributed by atoms with Crippen molar-refractivity contribution in [3.05, 3.63) is 65.2 Å². The molecule has 5 heteroatoms. The zero-order valence-corrected chi connectivity index (χ0v) is 13.1. The zero-order valence-electron chi connectivity index (χ0n) is 13.1. The summed E-state index contributed by atoms with van der Waals surface area (Å²) in [6.07, 6.45) is 2.79. The molecule has 0 heterocycles. The van der Waals surface area contributed by atoms with Gasteiger partial charge < -0.3 is 9.47 Å². The molecule has 0 atom stereocenters. The van der Waals surface area contributed by atoms with Gasteiger partial charge in [0.25, 0.3) is 5.91 Å². The molecule has 23 heavy (non-hydrogen) atoms. The molecule has 0 unspecified atom stereocenters. The van der Waals surface area contributed by atoms with Gasteiger partial charge in [-0.05, 0) is 36.3 Å². The van der Waals surface area contributed by atoms with Gasteiger partial charge in [-0.15, -0.1) is 0 Å². The second-order valence-electron chi connectivity index (χ2n) is 4.99. The van der Waals surface area contributed by atoms with Crippen LogP contribution in [-0.2, 0) is 11.4 Å². The van der Waals surface area contributed by atoms with E-state index in [1.54, 1.807) is 31.4 Å². The Balaban J connectivity index is 2.08. The van der Waals surface area contributed by atoms with E-state index in [1.165, 1.54) is 17.1 Å². The Morgan fingerprint density at radius 3 is 2.57 bits per heavy atom. The Hall–Kier alpha value is -2.79. The zero-order chi connectivity index (χ0) is 16.7. The van der Waals surface area contributed by atoms with Crippen LogP contribution in [0.1, 0.15) is 16.7 Å². The van der Waals surface area contributed by atoms with Crippen LogP contribution in [0.5, 0.6) is 11.5 Å². The van der Waals surface area contributed by atoms with E-state index in [4.69, 9.17) is 14.7 Å². The maximum Gasteiger partial charge on any atom is 0.267 e. The van der Waals surface area contributed by atoms with E-state index < -0.39 is 5.91 Å². The molecular weight excluding hydrogens is 294 g/mol. The lowest BCUT2D eigenvalue weighted by Crippen LogP contribution is -2.14. The monoisotopic (exact) mass is 313 g/mol. The minimum absolute atomic E-state index is 0.443. The van der Waals surface area contributed by atoms with Crippen LogP contribution >= 0.6 is 0 Å². The second kappa shape index (κ2) is 8.00. The molecule has 0 aliphatic rings. The summed E-state index contributed by atoms with van der Waals surface area (Å²) in [6, 6.07) is 13.5. The summed E-state index contributed by atoms with van der Waals surface area (Å²) in [7, 11) is 1.56. The van der Waals surface area contributed by atoms with E-state index in [-0.39, 0.29) is 0 Å². The second-order valence-corrected chi connectivity index (χ2v) is 4.99. The Morgan fingerprint density at radius 2 is 1.91 bits per heavy atom. The van der Waals surface area contributed by atoms with E-state index in [0.29, 0.717) is 18.1 Å². The molecule has 0 bridgehead atoms. The molecule has 5 nitrogen and oxygen atoms in total. The molecule has 120 valence electrons. The van der Waals surface area contributed by atoms with Crippen LogP contribution in [0.25, 0.3) is 6.08 Å². The van der Waals surface area contributed by atoms with Crippen molar-refractivity contribution in [2.75, 3.05) is 7.11 Å². The fourth-order valence-electron chi connectivity index (χ4n) is 1.96. The Labute approximate surface area is 135 Å². The molecule has 0 aliphatic heterocycles. The summed E-state index contributed by atoms with van der Waals surface area (Å²) in [5.74, 6) is 0.601. The highest BCUT2D eigenvalue weighted by Crippen LogP contribution is 2.29. The van der Waals surface area contributed by atoms with Gasteiger partial charge in [-0.3, -0.25) is 10.0 Å². The quantitative estimate of drug-likeness (QED) is 0.488. The number of hydrogen-bond acceptors (Lipinski definition) is 4. The lowest BCUT2D eigenvalue weighted by molar-refractivity contribution is -0.124. The van der Waals surface area contributed by atoms with Gasteiger partial charge in [-0.2, -0.15) is 0 Å². The number of benzene rings is 2. The predicted octanol–water partition coefficient (Wildman–Crippen LogP) is 3.10. The first-order chi connectivity index (χ1) is 11.1. The fraction of sp³-hybridized carbons (Fsp3) is 0.167. The molecule has 0 fully saturated rings. The molecular formula is C18H19NO4. The van der Waals surface area contributed by atoms with Gasteiger partial charge in [-0.25, -0.2) is 5.48 Å². The summed E-state index contributed by atoms with van der Waals surface area (Å²) >= 11 is 0. The Bertz CT molecular complexity index is 693. The predicted molar refractivity (Wildman–Crippen MR) is 87.5 cm³/mol. The minimum atomic E-state index is -0.594. The number of rotatable bonds is 6. The summed E-state index contributed by atoms with van der Waals surface area (Å²) in [5, 5.41) is 8.46. The highest BCUT2D eigenvalue weighted by molar-refractivity contribution is 5.90. The van der Waals surface area contributed by atoms with E-state index in [2.05, 4.69) is 0 Å². The summed E-state index contributed by atoms with van der Waals surface area (Å²) in [4.78, 5) is 11.0. The van der Waals surface area contributed by atoms with Crippen molar-refractivity contribution in [3.63, 3.8) is 0 Å². The molecule has 0 radical (unpaired) electrons. The Kier molecular flexibility index (Phi) is 5.77. The number of hydroxylamine groups is 1. The topological polar surface area (TPSA) is 67.8 Å². The molecule has 2 N–H and O–H groups in total. The van der Waals surface area contributed by atoms with Crippen LogP contribution in [0.4, 0.5) is 0 Å². The van der Waals surface area contributed by atoms with Crippen molar-refractivity contribution in [3.8, 4) is 11.5 Å². The SMILES string of the molecule is COc1cc(/C=C/C(=O)NO)ccc1OCc1ccc(C)cc1. The summed E-state index contributed by atoms with van der Waals surface area (Å²) in [6.45, 7) is 2.48. The molecule has 2 aromatic carbocycles. The van der Waals surface area contributed by atoms with E-state index in [9.17, 15) is 4.79 Å². The number of amides is 1. The number of aryl methyl sites for hydroxylation is 1. The molecule has 0 aliphatic carbocycles. The van der Waals surface area contributed by atoms with Crippen molar-refractivity contribution in [2.24, 2.45) is 0 Å². The van der Waals surface area contributed by atoms with Gasteiger partial charge in [0.2, 0.25) is 0 Å². The fourth-order valence-corrected chi connectivity index (χ4v) is 1.96. The lowest BCUT2D eigenvalue weighted by Gasteiger charge is -2.11. The highest BCUT2D eigenvalue weighted by Gasteiger charge is 2.05. The van der Waals surface area contributed by atoms with Crippen LogP contribution < -0.4 is 15.0 Å². The minimum Gasteiger partial charge on any atom is -0.493 e. The number of carbonyl (C=O) groups is 1. The van der Waals surface area contributed by atoms with Crippen LogP contribution in [0, 0.1) is 6.92 Å². The molecule has 0 spiro atoms. The average molecular weight is 313 g/mol. The van der Waals surface area contributed by atoms with E-state index >= 15 is 0 Å². The number of carbonyl (C=O) groups excluding carboxylic acids is 1. The summed E-state index contributed by atoms with van der Waals surface area (Å²) < 4.78 is 11.1. The molecule has 0 saturated heterocycles. The van der Waals surface area contributed by atoms with Gasteiger partial charge in [0, 0.05) is 6.08 Å². The average Bonchev–Trinajstić information content (AvgIpc) is 2.59. The molecule has 2 aromatic rings. The third kappa shape index (κ3) is 4.86. The van der Waals surface area contributed by atoms with Gasteiger partial charge in [0.05, 0.1) is 7.11 Å². The van der Waals surface area contributed by atoms with Crippen molar-refractivity contribution >= 4 is 12.0 Å². The highest BCUT2D eigenvalue weighted by atomic mass is 16.5. The van der Waals surface area contributed by atoms with Crippen molar-refractivity contribution in [1.82, 2.24) is 5.48 Å². The Morgan fingerprint density at radius 1 is 1.17 bits per heavy atom. The first kappa shape index (κ1) is 16.6. The van der Waals surface area contributed by atoms with Crippen LogP contribution in [0.15, 0.2) is 48.5 Å². The normalized spacial score (nSPS) is 10.6. The van der Waals surface area contributed by atoms with Crippen LogP contribution in [0.3, 0.4) is 0 Å². The third-order valence-electron chi connectivity index (χ3n) is 3.24. The molecule has 0 saturated carbocycles. The molecule has 2 rings (SSSR count).